The minimum Gasteiger partial charge on any atom is -0.368 e. The van der Waals surface area contributed by atoms with E-state index < -0.39 is 0 Å². The van der Waals surface area contributed by atoms with Gasteiger partial charge in [0, 0.05) is 24.8 Å². The Morgan fingerprint density at radius 1 is 1.47 bits per heavy atom. The highest BCUT2D eigenvalue weighted by Crippen LogP contribution is 2.30. The van der Waals surface area contributed by atoms with E-state index in [0.717, 1.165) is 25.1 Å². The Labute approximate surface area is 103 Å². The van der Waals surface area contributed by atoms with Crippen molar-refractivity contribution in [3.8, 4) is 0 Å². The lowest BCUT2D eigenvalue weighted by atomic mass is 10.1. The van der Waals surface area contributed by atoms with Crippen molar-refractivity contribution < 1.29 is 4.39 Å². The number of benzene rings is 1. The first-order valence-electron chi connectivity index (χ1n) is 6.46. The van der Waals surface area contributed by atoms with Crippen LogP contribution in [0, 0.1) is 5.82 Å². The monoisotopic (exact) mass is 236 g/mol. The first-order chi connectivity index (χ1) is 8.26. The first kappa shape index (κ1) is 12.4. The molecule has 17 heavy (non-hydrogen) atoms. The van der Waals surface area contributed by atoms with Crippen LogP contribution >= 0.6 is 0 Å². The number of rotatable bonds is 4. The molecule has 0 saturated carbocycles. The van der Waals surface area contributed by atoms with Crippen molar-refractivity contribution in [2.75, 3.05) is 18.5 Å². The van der Waals surface area contributed by atoms with Gasteiger partial charge in [0.15, 0.2) is 0 Å². The van der Waals surface area contributed by atoms with Gasteiger partial charge in [0.05, 0.1) is 0 Å². The highest BCUT2D eigenvalue weighted by atomic mass is 19.1. The standard InChI is InChI=1S/C14H21FN2/c1-3-13-5-4-8-17(13)14-7-6-12(15)9-11(14)10-16-2/h6-7,9,13,16H,3-5,8,10H2,1-2H3. The average molecular weight is 236 g/mol. The summed E-state index contributed by atoms with van der Waals surface area (Å²) in [4.78, 5) is 2.44. The largest absolute Gasteiger partial charge is 0.368 e. The molecule has 1 aromatic rings. The Balaban J connectivity index is 2.30. The summed E-state index contributed by atoms with van der Waals surface area (Å²) in [5, 5.41) is 3.11. The van der Waals surface area contributed by atoms with Crippen LogP contribution < -0.4 is 10.2 Å². The van der Waals surface area contributed by atoms with E-state index in [-0.39, 0.29) is 5.82 Å². The molecule has 0 aromatic heterocycles. The number of anilines is 1. The van der Waals surface area contributed by atoms with Crippen molar-refractivity contribution in [1.29, 1.82) is 0 Å². The molecule has 0 aliphatic carbocycles. The lowest BCUT2D eigenvalue weighted by Crippen LogP contribution is -2.29. The third kappa shape index (κ3) is 2.60. The Morgan fingerprint density at radius 3 is 3.00 bits per heavy atom. The van der Waals surface area contributed by atoms with Crippen LogP contribution in [0.2, 0.25) is 0 Å². The van der Waals surface area contributed by atoms with E-state index in [9.17, 15) is 4.39 Å². The van der Waals surface area contributed by atoms with Crippen LogP contribution in [0.4, 0.5) is 10.1 Å². The summed E-state index contributed by atoms with van der Waals surface area (Å²) in [6.07, 6.45) is 3.66. The topological polar surface area (TPSA) is 15.3 Å². The second kappa shape index (κ2) is 5.50. The van der Waals surface area contributed by atoms with Gasteiger partial charge in [-0.3, -0.25) is 0 Å². The van der Waals surface area contributed by atoms with Gasteiger partial charge in [0.2, 0.25) is 0 Å². The van der Waals surface area contributed by atoms with Gasteiger partial charge in [-0.25, -0.2) is 4.39 Å². The summed E-state index contributed by atoms with van der Waals surface area (Å²) in [6.45, 7) is 4.05. The molecular formula is C14H21FN2. The second-order valence-corrected chi connectivity index (χ2v) is 4.70. The van der Waals surface area contributed by atoms with E-state index in [1.54, 1.807) is 12.1 Å². The molecule has 1 aliphatic rings. The van der Waals surface area contributed by atoms with E-state index in [1.165, 1.54) is 18.5 Å². The molecule has 3 heteroatoms. The molecule has 1 aromatic carbocycles. The molecule has 1 fully saturated rings. The smallest absolute Gasteiger partial charge is 0.123 e. The summed E-state index contributed by atoms with van der Waals surface area (Å²) in [7, 11) is 1.90. The third-order valence-corrected chi connectivity index (χ3v) is 3.57. The minimum atomic E-state index is -0.147. The fraction of sp³-hybridized carbons (Fsp3) is 0.571. The van der Waals surface area contributed by atoms with E-state index in [0.29, 0.717) is 6.04 Å². The maximum atomic E-state index is 13.3. The molecule has 1 atom stereocenters. The van der Waals surface area contributed by atoms with Crippen LogP contribution in [0.3, 0.4) is 0 Å². The number of nitrogens with one attached hydrogen (secondary N) is 1. The molecule has 0 radical (unpaired) electrons. The van der Waals surface area contributed by atoms with Crippen LogP contribution in [0.5, 0.6) is 0 Å². The number of nitrogens with zero attached hydrogens (tertiary/aromatic N) is 1. The molecule has 0 bridgehead atoms. The van der Waals surface area contributed by atoms with Crippen molar-refractivity contribution in [3.63, 3.8) is 0 Å². The number of halogens is 1. The Kier molecular flexibility index (Phi) is 4.00. The van der Waals surface area contributed by atoms with Gasteiger partial charge in [-0.15, -0.1) is 0 Å². The fourth-order valence-electron chi connectivity index (χ4n) is 2.74. The van der Waals surface area contributed by atoms with Crippen molar-refractivity contribution in [2.24, 2.45) is 0 Å². The number of hydrogen-bond acceptors (Lipinski definition) is 2. The third-order valence-electron chi connectivity index (χ3n) is 3.57. The van der Waals surface area contributed by atoms with Gasteiger partial charge in [-0.2, -0.15) is 0 Å². The van der Waals surface area contributed by atoms with Gasteiger partial charge < -0.3 is 10.2 Å². The van der Waals surface area contributed by atoms with Gasteiger partial charge >= 0.3 is 0 Å². The molecule has 1 unspecified atom stereocenters. The zero-order valence-corrected chi connectivity index (χ0v) is 10.7. The zero-order chi connectivity index (χ0) is 12.3. The van der Waals surface area contributed by atoms with Crippen LogP contribution in [0.15, 0.2) is 18.2 Å². The predicted molar refractivity (Wildman–Crippen MR) is 69.8 cm³/mol. The van der Waals surface area contributed by atoms with E-state index >= 15 is 0 Å². The van der Waals surface area contributed by atoms with Gasteiger partial charge in [0.25, 0.3) is 0 Å². The Morgan fingerprint density at radius 2 is 2.29 bits per heavy atom. The molecule has 1 saturated heterocycles. The molecular weight excluding hydrogens is 215 g/mol. The summed E-state index contributed by atoms with van der Waals surface area (Å²) < 4.78 is 13.3. The van der Waals surface area contributed by atoms with E-state index in [4.69, 9.17) is 0 Å². The first-order valence-corrected chi connectivity index (χ1v) is 6.46. The summed E-state index contributed by atoms with van der Waals surface area (Å²) in [6, 6.07) is 5.77. The lowest BCUT2D eigenvalue weighted by molar-refractivity contribution is 0.618. The van der Waals surface area contributed by atoms with E-state index in [1.807, 2.05) is 13.1 Å². The summed E-state index contributed by atoms with van der Waals surface area (Å²) in [5.41, 5.74) is 2.26. The quantitative estimate of drug-likeness (QED) is 0.864. The van der Waals surface area contributed by atoms with Gasteiger partial charge in [-0.1, -0.05) is 6.92 Å². The van der Waals surface area contributed by atoms with Crippen molar-refractivity contribution in [3.05, 3.63) is 29.6 Å². The molecule has 94 valence electrons. The minimum absolute atomic E-state index is 0.147. The highest BCUT2D eigenvalue weighted by molar-refractivity contribution is 5.55. The van der Waals surface area contributed by atoms with Crippen molar-refractivity contribution in [2.45, 2.75) is 38.8 Å². The molecule has 2 nitrogen and oxygen atoms in total. The normalized spacial score (nSPS) is 19.9. The molecule has 1 heterocycles. The van der Waals surface area contributed by atoms with Crippen LogP contribution in [-0.4, -0.2) is 19.6 Å². The van der Waals surface area contributed by atoms with Crippen molar-refractivity contribution >= 4 is 5.69 Å². The molecule has 1 N–H and O–H groups in total. The maximum absolute atomic E-state index is 13.3. The molecule has 2 rings (SSSR count). The molecule has 1 aliphatic heterocycles. The fourth-order valence-corrected chi connectivity index (χ4v) is 2.74. The van der Waals surface area contributed by atoms with Crippen LogP contribution in [-0.2, 0) is 6.54 Å². The predicted octanol–water partition coefficient (Wildman–Crippen LogP) is 2.92. The van der Waals surface area contributed by atoms with Crippen LogP contribution in [0.1, 0.15) is 31.7 Å². The van der Waals surface area contributed by atoms with Crippen LogP contribution in [0.25, 0.3) is 0 Å². The average Bonchev–Trinajstić information content (AvgIpc) is 2.78. The highest BCUT2D eigenvalue weighted by Gasteiger charge is 2.24. The van der Waals surface area contributed by atoms with Gasteiger partial charge in [0.1, 0.15) is 5.82 Å². The Hall–Kier alpha value is -1.09. The van der Waals surface area contributed by atoms with E-state index in [2.05, 4.69) is 17.1 Å². The number of hydrogen-bond donors (Lipinski definition) is 1. The molecule has 0 amide bonds. The second-order valence-electron chi connectivity index (χ2n) is 4.70. The maximum Gasteiger partial charge on any atom is 0.123 e. The van der Waals surface area contributed by atoms with Gasteiger partial charge in [-0.05, 0) is 50.1 Å². The summed E-state index contributed by atoms with van der Waals surface area (Å²) in [5.74, 6) is -0.147. The zero-order valence-electron chi connectivity index (χ0n) is 10.7. The lowest BCUT2D eigenvalue weighted by Gasteiger charge is -2.28. The SMILES string of the molecule is CCC1CCCN1c1ccc(F)cc1CNC. The van der Waals surface area contributed by atoms with Crippen molar-refractivity contribution in [1.82, 2.24) is 5.32 Å². The summed E-state index contributed by atoms with van der Waals surface area (Å²) >= 11 is 0. The Bertz CT molecular complexity index is 378. The molecule has 0 spiro atoms.